The van der Waals surface area contributed by atoms with Crippen LogP contribution in [-0.2, 0) is 51.3 Å². The van der Waals surface area contributed by atoms with E-state index in [2.05, 4.69) is 20.3 Å². The fourth-order valence-corrected chi connectivity index (χ4v) is 6.78. The van der Waals surface area contributed by atoms with Crippen molar-refractivity contribution in [2.45, 2.75) is 56.6 Å². The fraction of sp³-hybridized carbons (Fsp3) is 0.243. The Morgan fingerprint density at radius 1 is 0.745 bits per heavy atom. The third-order valence-corrected chi connectivity index (χ3v) is 9.29. The zero-order valence-electron chi connectivity index (χ0n) is 28.0. The largest absolute Gasteiger partial charge is 0.478 e. The van der Waals surface area contributed by atoms with Crippen LogP contribution in [0.5, 0.6) is 0 Å². The first kappa shape index (κ1) is 38.2. The number of hydrogen-bond acceptors (Lipinski definition) is 7. The van der Waals surface area contributed by atoms with Crippen LogP contribution < -0.4 is 32.6 Å². The molecule has 0 bridgehead atoms. The van der Waals surface area contributed by atoms with Gasteiger partial charge in [-0.25, -0.2) is 22.9 Å². The fourth-order valence-electron chi connectivity index (χ4n) is 5.42. The maximum Gasteiger partial charge on any atom is 0.335 e. The summed E-state index contributed by atoms with van der Waals surface area (Å²) in [5, 5.41) is 15.0. The molecule has 4 aromatic rings. The van der Waals surface area contributed by atoms with Crippen LogP contribution in [0, 0.1) is 0 Å². The molecule has 0 aromatic heterocycles. The van der Waals surface area contributed by atoms with Crippen LogP contribution in [0.2, 0.25) is 0 Å². The molecule has 2 atom stereocenters. The average molecular weight is 714 g/mol. The van der Waals surface area contributed by atoms with Gasteiger partial charge in [-0.3, -0.25) is 9.59 Å². The van der Waals surface area contributed by atoms with Gasteiger partial charge < -0.3 is 32.9 Å². The van der Waals surface area contributed by atoms with Crippen molar-refractivity contribution in [1.82, 2.24) is 15.4 Å². The van der Waals surface area contributed by atoms with Crippen LogP contribution in [0.15, 0.2) is 108 Å². The number of benzene rings is 4. The number of sulfonamides is 1. The molecule has 4 rings (SSSR count). The molecule has 10 N–H and O–H groups in total. The van der Waals surface area contributed by atoms with Gasteiger partial charge >= 0.3 is 5.97 Å². The Labute approximate surface area is 297 Å². The summed E-state index contributed by atoms with van der Waals surface area (Å²) in [6.45, 7) is 0.423. The van der Waals surface area contributed by atoms with Crippen molar-refractivity contribution < 1.29 is 27.9 Å². The van der Waals surface area contributed by atoms with E-state index in [0.29, 0.717) is 18.5 Å². The molecule has 0 saturated heterocycles. The first-order valence-corrected chi connectivity index (χ1v) is 18.0. The predicted octanol–water partition coefficient (Wildman–Crippen LogP) is 2.60. The normalized spacial score (nSPS) is 12.3. The molecule has 0 fully saturated rings. The number of aliphatic imine (C=N–C) groups is 1. The van der Waals surface area contributed by atoms with Gasteiger partial charge in [-0.05, 0) is 71.3 Å². The maximum atomic E-state index is 13.9. The van der Waals surface area contributed by atoms with Gasteiger partial charge in [0.2, 0.25) is 21.8 Å². The molecule has 14 heteroatoms. The van der Waals surface area contributed by atoms with E-state index in [1.165, 1.54) is 24.3 Å². The van der Waals surface area contributed by atoms with Crippen LogP contribution in [-0.4, -0.2) is 49.4 Å². The van der Waals surface area contributed by atoms with Crippen LogP contribution in [0.25, 0.3) is 0 Å². The van der Waals surface area contributed by atoms with Crippen molar-refractivity contribution >= 4 is 39.5 Å². The molecule has 0 aliphatic rings. The van der Waals surface area contributed by atoms with Crippen LogP contribution in [0.4, 0.5) is 5.69 Å². The number of aryl methyl sites for hydroxylation is 1. The Hall–Kier alpha value is -5.57. The third-order valence-electron chi connectivity index (χ3n) is 7.93. The number of carboxylic acids is 1. The van der Waals surface area contributed by atoms with Gasteiger partial charge in [0.05, 0.1) is 17.0 Å². The monoisotopic (exact) mass is 713 g/mol. The summed E-state index contributed by atoms with van der Waals surface area (Å²) < 4.78 is 29.3. The van der Waals surface area contributed by atoms with Gasteiger partial charge in [0, 0.05) is 19.5 Å². The Balaban J connectivity index is 1.55. The number of amides is 2. The lowest BCUT2D eigenvalue weighted by Crippen LogP contribution is -2.54. The van der Waals surface area contributed by atoms with Crippen LogP contribution in [0.1, 0.15) is 51.0 Å². The second-order valence-corrected chi connectivity index (χ2v) is 13.8. The van der Waals surface area contributed by atoms with Crippen molar-refractivity contribution in [2.24, 2.45) is 22.2 Å². The van der Waals surface area contributed by atoms with Crippen molar-refractivity contribution in [3.8, 4) is 0 Å². The molecular weight excluding hydrogens is 671 g/mol. The summed E-state index contributed by atoms with van der Waals surface area (Å²) in [6.07, 6.45) is 1.30. The minimum atomic E-state index is -4.14. The van der Waals surface area contributed by atoms with E-state index in [-0.39, 0.29) is 43.0 Å². The highest BCUT2D eigenvalue weighted by molar-refractivity contribution is 7.88. The summed E-state index contributed by atoms with van der Waals surface area (Å²) in [5.41, 5.74) is 20.8. The molecule has 13 nitrogen and oxygen atoms in total. The van der Waals surface area contributed by atoms with E-state index < -0.39 is 45.6 Å². The molecule has 0 aliphatic carbocycles. The van der Waals surface area contributed by atoms with Crippen molar-refractivity contribution in [1.29, 1.82) is 0 Å². The van der Waals surface area contributed by atoms with Gasteiger partial charge in [0.15, 0.2) is 5.96 Å². The molecule has 268 valence electrons. The highest BCUT2D eigenvalue weighted by Crippen LogP contribution is 2.15. The lowest BCUT2D eigenvalue weighted by Gasteiger charge is -2.24. The molecular formula is C37H43N7O6S. The predicted molar refractivity (Wildman–Crippen MR) is 196 cm³/mol. The molecule has 0 saturated carbocycles. The first-order valence-electron chi connectivity index (χ1n) is 16.3. The number of aromatic carboxylic acids is 1. The summed E-state index contributed by atoms with van der Waals surface area (Å²) in [5.74, 6) is -2.98. The second-order valence-electron chi connectivity index (χ2n) is 12.0. The van der Waals surface area contributed by atoms with Gasteiger partial charge in [-0.1, -0.05) is 78.9 Å². The van der Waals surface area contributed by atoms with Gasteiger partial charge in [-0.2, -0.15) is 0 Å². The number of nitrogens with two attached hydrogens (primary N) is 3. The minimum Gasteiger partial charge on any atom is -0.478 e. The van der Waals surface area contributed by atoms with Crippen LogP contribution >= 0.6 is 0 Å². The molecule has 0 aliphatic heterocycles. The Morgan fingerprint density at radius 3 is 2.10 bits per heavy atom. The number of rotatable bonds is 18. The van der Waals surface area contributed by atoms with Gasteiger partial charge in [-0.15, -0.1) is 0 Å². The number of carbonyl (C=O) groups is 3. The van der Waals surface area contributed by atoms with E-state index >= 15 is 0 Å². The van der Waals surface area contributed by atoms with Crippen molar-refractivity contribution in [3.63, 3.8) is 0 Å². The lowest BCUT2D eigenvalue weighted by molar-refractivity contribution is -0.130. The van der Waals surface area contributed by atoms with Gasteiger partial charge in [0.1, 0.15) is 12.1 Å². The van der Waals surface area contributed by atoms with E-state index in [0.717, 1.165) is 22.3 Å². The van der Waals surface area contributed by atoms with E-state index in [1.807, 2.05) is 54.6 Å². The highest BCUT2D eigenvalue weighted by Gasteiger charge is 2.29. The Bertz CT molecular complexity index is 1930. The summed E-state index contributed by atoms with van der Waals surface area (Å²) in [6, 6.07) is 27.1. The number of guanidine groups is 1. The summed E-state index contributed by atoms with van der Waals surface area (Å²) in [4.78, 5) is 43.0. The molecule has 0 radical (unpaired) electrons. The van der Waals surface area contributed by atoms with E-state index in [1.54, 1.807) is 24.3 Å². The quantitative estimate of drug-likeness (QED) is 0.0592. The van der Waals surface area contributed by atoms with Crippen molar-refractivity contribution in [3.05, 3.63) is 137 Å². The van der Waals surface area contributed by atoms with Crippen LogP contribution in [0.3, 0.4) is 0 Å². The molecule has 0 heterocycles. The zero-order chi connectivity index (χ0) is 36.8. The number of hydrogen-bond donors (Lipinski definition) is 7. The third kappa shape index (κ3) is 12.7. The van der Waals surface area contributed by atoms with E-state index in [4.69, 9.17) is 17.2 Å². The summed E-state index contributed by atoms with van der Waals surface area (Å²) in [7, 11) is -4.14. The number of nitrogens with zero attached hydrogens (tertiary/aromatic N) is 1. The topological polar surface area (TPSA) is 232 Å². The Morgan fingerprint density at radius 2 is 1.41 bits per heavy atom. The molecule has 2 amide bonds. The smallest absolute Gasteiger partial charge is 0.335 e. The lowest BCUT2D eigenvalue weighted by atomic mass is 10.0. The summed E-state index contributed by atoms with van der Waals surface area (Å²) >= 11 is 0. The average Bonchev–Trinajstić information content (AvgIpc) is 3.10. The maximum absolute atomic E-state index is 13.9. The molecule has 2 unspecified atom stereocenters. The van der Waals surface area contributed by atoms with E-state index in [9.17, 15) is 27.9 Å². The molecule has 51 heavy (non-hydrogen) atoms. The van der Waals surface area contributed by atoms with Crippen molar-refractivity contribution in [2.75, 3.05) is 0 Å². The molecule has 0 spiro atoms. The first-order chi connectivity index (χ1) is 24.4. The number of carbonyl (C=O) groups excluding carboxylic acids is 2. The molecule has 4 aromatic carbocycles. The standard InChI is InChI=1S/C37H43N7O6S/c38-22-28-11-4-10-27(19-28)21-33(34(45)41-23-26-15-17-31(18-16-26)42-37(39)40)43-35(46)32(14-6-9-25-7-2-1-3-8-25)44-51(49,50)24-29-12-5-13-30(20-29)36(47)48/h1-5,7-8,10-13,15-20,32-33,44H,6,9,14,21-24,38H2,(H,41,45)(H,43,46)(H,47,48)(H4,39,40,42). The minimum absolute atomic E-state index is 0.0582. The SMILES string of the molecule is NCc1cccc(CC(NC(=O)C(CCCc2ccccc2)NS(=O)(=O)Cc2cccc(C(=O)O)c2)C(=O)NCc2ccc(N=C(N)N)cc2)c1. The second kappa shape index (κ2) is 18.4. The Kier molecular flexibility index (Phi) is 13.8. The number of carboxylic acid groups (broad SMARTS) is 1. The van der Waals surface area contributed by atoms with Gasteiger partial charge in [0.25, 0.3) is 0 Å². The highest BCUT2D eigenvalue weighted by atomic mass is 32.2. The number of nitrogens with one attached hydrogen (secondary N) is 3. The zero-order valence-corrected chi connectivity index (χ0v) is 28.8.